The van der Waals surface area contributed by atoms with Gasteiger partial charge >= 0.3 is 0 Å². The van der Waals surface area contributed by atoms with E-state index in [0.717, 1.165) is 46.6 Å². The third-order valence-electron chi connectivity index (χ3n) is 4.24. The molecule has 8 heteroatoms. The number of nitrogens with one attached hydrogen (secondary N) is 1. The Morgan fingerprint density at radius 1 is 1.03 bits per heavy atom. The average molecular weight is 426 g/mol. The second-order valence-corrected chi connectivity index (χ2v) is 7.86. The Morgan fingerprint density at radius 3 is 2.79 bits per heavy atom. The standard InChI is InChI=1S/C21H20ClN5OS/c22-17-7-4-6-16(14-17)20-11-10-19(28-20)15-23-12-5-13-29-21-24-25-26-27(21)18-8-2-1-3-9-18/h1-4,6-11,14,23H,5,12-13,15H2. The van der Waals surface area contributed by atoms with Crippen LogP contribution < -0.4 is 5.32 Å². The van der Waals surface area contributed by atoms with Gasteiger partial charge in [-0.25, -0.2) is 0 Å². The predicted octanol–water partition coefficient (Wildman–Crippen LogP) is 4.85. The molecule has 0 atom stereocenters. The van der Waals surface area contributed by atoms with Crippen molar-refractivity contribution in [3.63, 3.8) is 0 Å². The zero-order chi connectivity index (χ0) is 19.9. The first kappa shape index (κ1) is 19.7. The molecule has 4 aromatic rings. The largest absolute Gasteiger partial charge is 0.460 e. The lowest BCUT2D eigenvalue weighted by Gasteiger charge is -2.05. The summed E-state index contributed by atoms with van der Waals surface area (Å²) in [6.07, 6.45) is 0.994. The van der Waals surface area contributed by atoms with Crippen molar-refractivity contribution in [2.45, 2.75) is 18.1 Å². The van der Waals surface area contributed by atoms with Crippen LogP contribution in [0.15, 0.2) is 76.3 Å². The lowest BCUT2D eigenvalue weighted by molar-refractivity contribution is 0.494. The molecule has 148 valence electrons. The SMILES string of the molecule is Clc1cccc(-c2ccc(CNCCCSc3nnnn3-c3ccccc3)o2)c1. The van der Waals surface area contributed by atoms with Crippen molar-refractivity contribution in [1.29, 1.82) is 0 Å². The minimum absolute atomic E-state index is 0.687. The van der Waals surface area contributed by atoms with Crippen molar-refractivity contribution in [2.75, 3.05) is 12.3 Å². The molecular formula is C21H20ClN5OS. The van der Waals surface area contributed by atoms with Gasteiger partial charge in [-0.05, 0) is 59.8 Å². The lowest BCUT2D eigenvalue weighted by atomic mass is 10.2. The Balaban J connectivity index is 1.20. The smallest absolute Gasteiger partial charge is 0.214 e. The van der Waals surface area contributed by atoms with E-state index >= 15 is 0 Å². The molecule has 0 bridgehead atoms. The van der Waals surface area contributed by atoms with Gasteiger partial charge in [-0.1, -0.05) is 53.7 Å². The van der Waals surface area contributed by atoms with E-state index in [2.05, 4.69) is 20.8 Å². The van der Waals surface area contributed by atoms with E-state index in [0.29, 0.717) is 11.6 Å². The van der Waals surface area contributed by atoms with Crippen molar-refractivity contribution in [1.82, 2.24) is 25.5 Å². The number of furan rings is 1. The maximum absolute atomic E-state index is 6.05. The molecule has 0 saturated heterocycles. The average Bonchev–Trinajstić information content (AvgIpc) is 3.41. The number of hydrogen-bond acceptors (Lipinski definition) is 6. The second kappa shape index (κ2) is 9.73. The van der Waals surface area contributed by atoms with Crippen LogP contribution in [-0.4, -0.2) is 32.5 Å². The molecule has 0 radical (unpaired) electrons. The zero-order valence-corrected chi connectivity index (χ0v) is 17.2. The summed E-state index contributed by atoms with van der Waals surface area (Å²) in [5.41, 5.74) is 1.95. The van der Waals surface area contributed by atoms with Gasteiger partial charge < -0.3 is 9.73 Å². The zero-order valence-electron chi connectivity index (χ0n) is 15.7. The van der Waals surface area contributed by atoms with Crippen molar-refractivity contribution in [2.24, 2.45) is 0 Å². The number of para-hydroxylation sites is 1. The molecular weight excluding hydrogens is 406 g/mol. The number of rotatable bonds is 9. The highest BCUT2D eigenvalue weighted by atomic mass is 35.5. The van der Waals surface area contributed by atoms with E-state index in [1.165, 1.54) is 0 Å². The van der Waals surface area contributed by atoms with Crippen LogP contribution in [0.4, 0.5) is 0 Å². The molecule has 0 spiro atoms. The monoisotopic (exact) mass is 425 g/mol. The third-order valence-corrected chi connectivity index (χ3v) is 5.48. The van der Waals surface area contributed by atoms with E-state index in [4.69, 9.17) is 16.0 Å². The number of hydrogen-bond donors (Lipinski definition) is 1. The molecule has 0 saturated carbocycles. The first-order valence-corrected chi connectivity index (χ1v) is 10.7. The molecule has 2 heterocycles. The number of aromatic nitrogens is 4. The van der Waals surface area contributed by atoms with Gasteiger partial charge in [0.25, 0.3) is 0 Å². The number of benzene rings is 2. The molecule has 0 aliphatic carbocycles. The van der Waals surface area contributed by atoms with Crippen molar-refractivity contribution in [3.05, 3.63) is 77.5 Å². The number of thioether (sulfide) groups is 1. The van der Waals surface area contributed by atoms with Gasteiger partial charge in [0, 0.05) is 16.3 Å². The van der Waals surface area contributed by atoms with Gasteiger partial charge in [0.05, 0.1) is 12.2 Å². The maximum atomic E-state index is 6.05. The van der Waals surface area contributed by atoms with Crippen LogP contribution in [0, 0.1) is 0 Å². The lowest BCUT2D eigenvalue weighted by Crippen LogP contribution is -2.14. The van der Waals surface area contributed by atoms with E-state index in [1.54, 1.807) is 16.4 Å². The van der Waals surface area contributed by atoms with E-state index < -0.39 is 0 Å². The molecule has 0 aliphatic heterocycles. The van der Waals surface area contributed by atoms with Crippen LogP contribution in [0.1, 0.15) is 12.2 Å². The summed E-state index contributed by atoms with van der Waals surface area (Å²) in [4.78, 5) is 0. The van der Waals surface area contributed by atoms with Crippen LogP contribution in [0.3, 0.4) is 0 Å². The van der Waals surface area contributed by atoms with E-state index in [-0.39, 0.29) is 0 Å². The molecule has 0 aliphatic rings. The normalized spacial score (nSPS) is 11.1. The Hall–Kier alpha value is -2.61. The molecule has 2 aromatic heterocycles. The molecule has 0 unspecified atom stereocenters. The predicted molar refractivity (Wildman–Crippen MR) is 115 cm³/mol. The summed E-state index contributed by atoms with van der Waals surface area (Å²) in [7, 11) is 0. The number of halogens is 1. The minimum Gasteiger partial charge on any atom is -0.460 e. The summed E-state index contributed by atoms with van der Waals surface area (Å²) in [6, 6.07) is 21.5. The van der Waals surface area contributed by atoms with Gasteiger partial charge in [0.1, 0.15) is 11.5 Å². The molecule has 1 N–H and O–H groups in total. The minimum atomic E-state index is 0.687. The van der Waals surface area contributed by atoms with Gasteiger partial charge in [0.15, 0.2) is 0 Å². The summed E-state index contributed by atoms with van der Waals surface area (Å²) in [5, 5.41) is 16.9. The fourth-order valence-corrected chi connectivity index (χ4v) is 3.86. The van der Waals surface area contributed by atoms with Crippen LogP contribution in [0.25, 0.3) is 17.0 Å². The Morgan fingerprint density at radius 2 is 1.93 bits per heavy atom. The van der Waals surface area contributed by atoms with Gasteiger partial charge in [-0.2, -0.15) is 4.68 Å². The highest BCUT2D eigenvalue weighted by Crippen LogP contribution is 2.24. The summed E-state index contributed by atoms with van der Waals surface area (Å²) >= 11 is 7.69. The van der Waals surface area contributed by atoms with Crippen LogP contribution in [-0.2, 0) is 6.54 Å². The summed E-state index contributed by atoms with van der Waals surface area (Å²) < 4.78 is 7.66. The fourth-order valence-electron chi connectivity index (χ4n) is 2.84. The van der Waals surface area contributed by atoms with Crippen molar-refractivity contribution in [3.8, 4) is 17.0 Å². The Labute approximate surface area is 178 Å². The number of tetrazole rings is 1. The maximum Gasteiger partial charge on any atom is 0.214 e. The third kappa shape index (κ3) is 5.26. The van der Waals surface area contributed by atoms with Crippen LogP contribution in [0.2, 0.25) is 5.02 Å². The van der Waals surface area contributed by atoms with Gasteiger partial charge in [-0.15, -0.1) is 5.10 Å². The quantitative estimate of drug-likeness (QED) is 0.305. The van der Waals surface area contributed by atoms with Crippen molar-refractivity contribution < 1.29 is 4.42 Å². The molecule has 0 fully saturated rings. The van der Waals surface area contributed by atoms with E-state index in [9.17, 15) is 0 Å². The first-order valence-electron chi connectivity index (χ1n) is 9.31. The molecule has 0 amide bonds. The molecule has 29 heavy (non-hydrogen) atoms. The summed E-state index contributed by atoms with van der Waals surface area (Å²) in [5.74, 6) is 2.65. The fraction of sp³-hybridized carbons (Fsp3) is 0.190. The van der Waals surface area contributed by atoms with Crippen LogP contribution in [0.5, 0.6) is 0 Å². The van der Waals surface area contributed by atoms with E-state index in [1.807, 2.05) is 66.7 Å². The Kier molecular flexibility index (Phi) is 6.61. The molecule has 4 rings (SSSR count). The van der Waals surface area contributed by atoms with Crippen molar-refractivity contribution >= 4 is 23.4 Å². The first-order chi connectivity index (χ1) is 14.3. The molecule has 6 nitrogen and oxygen atoms in total. The van der Waals surface area contributed by atoms with Gasteiger partial charge in [-0.3, -0.25) is 0 Å². The Bertz CT molecular complexity index is 1050. The summed E-state index contributed by atoms with van der Waals surface area (Å²) in [6.45, 7) is 1.57. The second-order valence-electron chi connectivity index (χ2n) is 6.36. The van der Waals surface area contributed by atoms with Gasteiger partial charge in [0.2, 0.25) is 5.16 Å². The topological polar surface area (TPSA) is 68.8 Å². The molecule has 2 aromatic carbocycles. The highest BCUT2D eigenvalue weighted by molar-refractivity contribution is 7.99. The highest BCUT2D eigenvalue weighted by Gasteiger charge is 2.08. The van der Waals surface area contributed by atoms with Crippen LogP contribution >= 0.6 is 23.4 Å². The number of nitrogens with zero attached hydrogens (tertiary/aromatic N) is 4.